The maximum Gasteiger partial charge on any atom is 0.389 e. The predicted octanol–water partition coefficient (Wildman–Crippen LogP) is 1.79. The van der Waals surface area contributed by atoms with Gasteiger partial charge in [-0.15, -0.1) is 21.5 Å². The molecule has 1 rings (SSSR count). The Bertz CT molecular complexity index is 298. The van der Waals surface area contributed by atoms with E-state index in [4.69, 9.17) is 0 Å². The highest BCUT2D eigenvalue weighted by atomic mass is 32.1. The van der Waals surface area contributed by atoms with Crippen molar-refractivity contribution >= 4 is 11.3 Å². The van der Waals surface area contributed by atoms with E-state index < -0.39 is 12.6 Å². The zero-order valence-electron chi connectivity index (χ0n) is 8.26. The van der Waals surface area contributed by atoms with Gasteiger partial charge in [0.05, 0.1) is 0 Å². The molecule has 0 aliphatic carbocycles. The normalized spacial score (nSPS) is 12.0. The van der Waals surface area contributed by atoms with E-state index in [1.165, 1.54) is 11.3 Å². The highest BCUT2D eigenvalue weighted by molar-refractivity contribution is 7.11. The van der Waals surface area contributed by atoms with E-state index in [1.807, 2.05) is 7.05 Å². The number of aromatic nitrogens is 2. The average molecular weight is 239 g/mol. The van der Waals surface area contributed by atoms with E-state index in [9.17, 15) is 13.2 Å². The first-order valence-corrected chi connectivity index (χ1v) is 5.35. The molecular formula is C8H12F3N3S. The van der Waals surface area contributed by atoms with Gasteiger partial charge in [-0.25, -0.2) is 0 Å². The summed E-state index contributed by atoms with van der Waals surface area (Å²) in [4.78, 5) is 0. The molecule has 0 bridgehead atoms. The second-order valence-electron chi connectivity index (χ2n) is 3.06. The molecule has 0 saturated carbocycles. The van der Waals surface area contributed by atoms with Crippen molar-refractivity contribution in [2.45, 2.75) is 25.4 Å². The molecule has 0 saturated heterocycles. The fourth-order valence-corrected chi connectivity index (χ4v) is 1.81. The molecule has 1 aromatic heterocycles. The molecule has 0 radical (unpaired) electrons. The van der Waals surface area contributed by atoms with E-state index in [2.05, 4.69) is 15.5 Å². The number of halogens is 3. The van der Waals surface area contributed by atoms with Gasteiger partial charge in [0.2, 0.25) is 0 Å². The molecule has 0 spiro atoms. The third-order valence-corrected chi connectivity index (χ3v) is 2.76. The van der Waals surface area contributed by atoms with E-state index in [0.717, 1.165) is 11.6 Å². The second-order valence-corrected chi connectivity index (χ2v) is 4.20. The molecule has 1 N–H and O–H groups in total. The van der Waals surface area contributed by atoms with Crippen LogP contribution in [-0.4, -0.2) is 30.0 Å². The molecule has 1 aromatic rings. The fourth-order valence-electron chi connectivity index (χ4n) is 0.971. The highest BCUT2D eigenvalue weighted by Crippen LogP contribution is 2.23. The zero-order valence-corrected chi connectivity index (χ0v) is 9.08. The molecular weight excluding hydrogens is 227 g/mol. The van der Waals surface area contributed by atoms with Crippen molar-refractivity contribution in [3.8, 4) is 0 Å². The quantitative estimate of drug-likeness (QED) is 0.851. The van der Waals surface area contributed by atoms with Crippen molar-refractivity contribution in [3.05, 3.63) is 10.0 Å². The van der Waals surface area contributed by atoms with Gasteiger partial charge in [-0.2, -0.15) is 13.2 Å². The summed E-state index contributed by atoms with van der Waals surface area (Å²) in [6, 6.07) is 0. The predicted molar refractivity (Wildman–Crippen MR) is 51.9 cm³/mol. The largest absolute Gasteiger partial charge is 0.389 e. The molecule has 0 aromatic carbocycles. The van der Waals surface area contributed by atoms with Gasteiger partial charge in [-0.05, 0) is 7.05 Å². The number of nitrogens with one attached hydrogen (secondary N) is 1. The number of alkyl halides is 3. The summed E-state index contributed by atoms with van der Waals surface area (Å²) in [6.07, 6.45) is -4.30. The molecule has 0 fully saturated rings. The zero-order chi connectivity index (χ0) is 11.3. The van der Waals surface area contributed by atoms with Crippen molar-refractivity contribution < 1.29 is 13.2 Å². The summed E-state index contributed by atoms with van der Waals surface area (Å²) < 4.78 is 35.7. The Morgan fingerprint density at radius 1 is 1.20 bits per heavy atom. The van der Waals surface area contributed by atoms with Crippen molar-refractivity contribution in [1.29, 1.82) is 0 Å². The van der Waals surface area contributed by atoms with Crippen LogP contribution in [0.2, 0.25) is 0 Å². The van der Waals surface area contributed by atoms with Crippen molar-refractivity contribution in [3.63, 3.8) is 0 Å². The number of nitrogens with zero attached hydrogens (tertiary/aromatic N) is 2. The third-order valence-electron chi connectivity index (χ3n) is 1.72. The first-order valence-electron chi connectivity index (χ1n) is 4.54. The molecule has 3 nitrogen and oxygen atoms in total. The summed E-state index contributed by atoms with van der Waals surface area (Å²) in [5.41, 5.74) is 0. The maximum atomic E-state index is 11.9. The topological polar surface area (TPSA) is 37.8 Å². The molecule has 7 heteroatoms. The first kappa shape index (κ1) is 12.4. The Morgan fingerprint density at radius 3 is 2.33 bits per heavy atom. The molecule has 15 heavy (non-hydrogen) atoms. The third kappa shape index (κ3) is 5.08. The molecule has 86 valence electrons. The van der Waals surface area contributed by atoms with E-state index in [1.54, 1.807) is 0 Å². The number of hydrogen-bond acceptors (Lipinski definition) is 4. The minimum absolute atomic E-state index is 0.0687. The molecule has 0 atom stereocenters. The van der Waals surface area contributed by atoms with Crippen LogP contribution in [0.15, 0.2) is 0 Å². The van der Waals surface area contributed by atoms with Gasteiger partial charge in [0, 0.05) is 25.8 Å². The number of aryl methyl sites for hydroxylation is 1. The lowest BCUT2D eigenvalue weighted by molar-refractivity contribution is -0.134. The average Bonchev–Trinajstić information content (AvgIpc) is 2.58. The minimum Gasteiger partial charge on any atom is -0.319 e. The van der Waals surface area contributed by atoms with Crippen molar-refractivity contribution in [1.82, 2.24) is 15.5 Å². The van der Waals surface area contributed by atoms with E-state index >= 15 is 0 Å². The van der Waals surface area contributed by atoms with Crippen LogP contribution in [0.25, 0.3) is 0 Å². The summed E-state index contributed by atoms with van der Waals surface area (Å²) in [5.74, 6) is 0. The Morgan fingerprint density at radius 2 is 1.80 bits per heavy atom. The summed E-state index contributed by atoms with van der Waals surface area (Å²) in [5, 5.41) is 11.7. The second kappa shape index (κ2) is 5.41. The van der Waals surface area contributed by atoms with Gasteiger partial charge in [0.15, 0.2) is 0 Å². The standard InChI is InChI=1S/C8H12F3N3S/c1-12-5-3-7-14-13-6(15-7)2-4-8(9,10)11/h12H,2-5H2,1H3. The van der Waals surface area contributed by atoms with Gasteiger partial charge in [0.25, 0.3) is 0 Å². The summed E-state index contributed by atoms with van der Waals surface area (Å²) in [7, 11) is 1.81. The van der Waals surface area contributed by atoms with Crippen LogP contribution in [0.1, 0.15) is 16.4 Å². The van der Waals surface area contributed by atoms with Crippen molar-refractivity contribution in [2.24, 2.45) is 0 Å². The van der Waals surface area contributed by atoms with Crippen LogP contribution in [0, 0.1) is 0 Å². The van der Waals surface area contributed by atoms with Gasteiger partial charge in [0.1, 0.15) is 10.0 Å². The lowest BCUT2D eigenvalue weighted by Gasteiger charge is -2.02. The molecule has 0 amide bonds. The lowest BCUT2D eigenvalue weighted by atomic mass is 10.3. The fraction of sp³-hybridized carbons (Fsp3) is 0.750. The Balaban J connectivity index is 2.39. The van der Waals surface area contributed by atoms with Crippen LogP contribution in [0.4, 0.5) is 13.2 Å². The maximum absolute atomic E-state index is 11.9. The Hall–Kier alpha value is -0.690. The van der Waals surface area contributed by atoms with Crippen LogP contribution >= 0.6 is 11.3 Å². The molecule has 0 aliphatic rings. The highest BCUT2D eigenvalue weighted by Gasteiger charge is 2.27. The Kier molecular flexibility index (Phi) is 4.46. The Labute approximate surface area is 89.7 Å². The number of likely N-dealkylation sites (N-methyl/N-ethyl adjacent to an activating group) is 1. The first-order chi connectivity index (χ1) is 7.01. The SMILES string of the molecule is CNCCc1nnc(CCC(F)(F)F)s1. The van der Waals surface area contributed by atoms with Gasteiger partial charge >= 0.3 is 6.18 Å². The van der Waals surface area contributed by atoms with Crippen LogP contribution in [-0.2, 0) is 12.8 Å². The molecule has 0 unspecified atom stereocenters. The number of rotatable bonds is 5. The smallest absolute Gasteiger partial charge is 0.319 e. The van der Waals surface area contributed by atoms with E-state index in [-0.39, 0.29) is 6.42 Å². The summed E-state index contributed by atoms with van der Waals surface area (Å²) >= 11 is 1.25. The summed E-state index contributed by atoms with van der Waals surface area (Å²) in [6.45, 7) is 0.758. The van der Waals surface area contributed by atoms with Gasteiger partial charge in [-0.1, -0.05) is 0 Å². The van der Waals surface area contributed by atoms with E-state index in [0.29, 0.717) is 11.4 Å². The molecule has 1 heterocycles. The molecule has 0 aliphatic heterocycles. The number of hydrogen-bond donors (Lipinski definition) is 1. The lowest BCUT2D eigenvalue weighted by Crippen LogP contribution is -2.09. The monoisotopic (exact) mass is 239 g/mol. The van der Waals surface area contributed by atoms with Crippen LogP contribution in [0.5, 0.6) is 0 Å². The van der Waals surface area contributed by atoms with Crippen LogP contribution in [0.3, 0.4) is 0 Å². The van der Waals surface area contributed by atoms with Gasteiger partial charge < -0.3 is 5.32 Å². The van der Waals surface area contributed by atoms with Gasteiger partial charge in [-0.3, -0.25) is 0 Å². The van der Waals surface area contributed by atoms with Crippen molar-refractivity contribution in [2.75, 3.05) is 13.6 Å². The van der Waals surface area contributed by atoms with Crippen LogP contribution < -0.4 is 5.32 Å². The minimum atomic E-state index is -4.11.